The van der Waals surface area contributed by atoms with Gasteiger partial charge in [0.15, 0.2) is 0 Å². The molecule has 0 N–H and O–H groups in total. The van der Waals surface area contributed by atoms with Gasteiger partial charge in [-0.1, -0.05) is 36.9 Å². The van der Waals surface area contributed by atoms with Gasteiger partial charge in [-0.05, 0) is 0 Å². The molecule has 1 rings (SSSR count). The second kappa shape index (κ2) is 7.97. The van der Waals surface area contributed by atoms with Crippen molar-refractivity contribution < 1.29 is 26.4 Å². The van der Waals surface area contributed by atoms with Crippen LogP contribution in [0.5, 0.6) is 0 Å². The zero-order valence-corrected chi connectivity index (χ0v) is 12.6. The molecule has 3 nitrogen and oxygen atoms in total. The van der Waals surface area contributed by atoms with Crippen molar-refractivity contribution in [2.45, 2.75) is 12.5 Å². The Hall–Kier alpha value is -1.32. The second-order valence-corrected chi connectivity index (χ2v) is 5.20. The minimum Gasteiger partial charge on any atom is -1.00 e. The van der Waals surface area contributed by atoms with E-state index >= 15 is 0 Å². The Morgan fingerprint density at radius 1 is 1.32 bits per heavy atom. The zero-order valence-electron chi connectivity index (χ0n) is 11.8. The third kappa shape index (κ3) is 5.90. The van der Waals surface area contributed by atoms with Crippen molar-refractivity contribution in [3.05, 3.63) is 48.6 Å². The number of esters is 1. The molecule has 0 aromatic heterocycles. The quantitative estimate of drug-likeness (QED) is 0.402. The van der Waals surface area contributed by atoms with Crippen LogP contribution in [0.25, 0.3) is 0 Å². The van der Waals surface area contributed by atoms with Crippen molar-refractivity contribution in [2.75, 3.05) is 27.7 Å². The molecular formula is C15H22ClNO2. The van der Waals surface area contributed by atoms with E-state index in [9.17, 15) is 4.79 Å². The summed E-state index contributed by atoms with van der Waals surface area (Å²) in [6, 6.07) is 10.6. The maximum Gasteiger partial charge on any atom is 0.330 e. The first kappa shape index (κ1) is 17.7. The summed E-state index contributed by atoms with van der Waals surface area (Å²) in [5, 5.41) is 0. The number of carbonyl (C=O) groups excluding carboxylic acids is 1. The van der Waals surface area contributed by atoms with Crippen molar-refractivity contribution in [1.82, 2.24) is 0 Å². The normalized spacial score (nSPS) is 12.2. The lowest BCUT2D eigenvalue weighted by Crippen LogP contribution is -3.00. The van der Waals surface area contributed by atoms with Crippen LogP contribution in [0.4, 0.5) is 0 Å². The first-order valence-electron chi connectivity index (χ1n) is 6.10. The topological polar surface area (TPSA) is 26.3 Å². The van der Waals surface area contributed by atoms with Gasteiger partial charge in [0.05, 0.1) is 27.7 Å². The van der Waals surface area contributed by atoms with E-state index in [1.165, 1.54) is 11.6 Å². The number of rotatable bonds is 6. The molecule has 106 valence electrons. The summed E-state index contributed by atoms with van der Waals surface area (Å²) in [6.07, 6.45) is 2.00. The Morgan fingerprint density at radius 3 is 2.37 bits per heavy atom. The fraction of sp³-hybridized carbons (Fsp3) is 0.400. The molecular weight excluding hydrogens is 262 g/mol. The number of hydrogen-bond donors (Lipinski definition) is 0. The molecule has 0 bridgehead atoms. The summed E-state index contributed by atoms with van der Waals surface area (Å²) in [5.41, 5.74) is 1.26. The lowest BCUT2D eigenvalue weighted by Gasteiger charge is -2.34. The van der Waals surface area contributed by atoms with Crippen LogP contribution in [-0.4, -0.2) is 38.2 Å². The molecule has 0 aliphatic carbocycles. The van der Waals surface area contributed by atoms with Gasteiger partial charge in [0.1, 0.15) is 6.04 Å². The molecule has 4 heteroatoms. The van der Waals surface area contributed by atoms with Crippen molar-refractivity contribution >= 4 is 5.97 Å². The average molecular weight is 284 g/mol. The summed E-state index contributed by atoms with van der Waals surface area (Å²) >= 11 is 0. The Kier molecular flexibility index (Phi) is 7.42. The van der Waals surface area contributed by atoms with E-state index in [4.69, 9.17) is 4.74 Å². The zero-order chi connectivity index (χ0) is 13.6. The molecule has 0 aliphatic heterocycles. The van der Waals surface area contributed by atoms with Gasteiger partial charge < -0.3 is 21.6 Å². The fourth-order valence-electron chi connectivity index (χ4n) is 2.01. The van der Waals surface area contributed by atoms with Crippen LogP contribution in [0.2, 0.25) is 0 Å². The predicted octanol–water partition coefficient (Wildman–Crippen LogP) is -0.443. The number of halogens is 1. The van der Waals surface area contributed by atoms with Gasteiger partial charge in [0, 0.05) is 18.1 Å². The molecule has 1 unspecified atom stereocenters. The largest absolute Gasteiger partial charge is 1.00 e. The van der Waals surface area contributed by atoms with Gasteiger partial charge in [0.2, 0.25) is 0 Å². The van der Waals surface area contributed by atoms with E-state index in [1.54, 1.807) is 0 Å². The molecule has 0 radical (unpaired) electrons. The van der Waals surface area contributed by atoms with Gasteiger partial charge in [-0.2, -0.15) is 0 Å². The highest BCUT2D eigenvalue weighted by atomic mass is 35.5. The Morgan fingerprint density at radius 2 is 1.89 bits per heavy atom. The maximum atomic E-state index is 11.0. The van der Waals surface area contributed by atoms with Gasteiger partial charge >= 0.3 is 5.97 Å². The number of quaternary nitrogens is 1. The maximum absolute atomic E-state index is 11.0. The minimum atomic E-state index is -0.358. The molecule has 0 heterocycles. The number of ether oxygens (including phenoxy) is 1. The first-order valence-corrected chi connectivity index (χ1v) is 6.10. The first-order chi connectivity index (χ1) is 8.45. The lowest BCUT2D eigenvalue weighted by atomic mass is 10.0. The molecule has 0 saturated heterocycles. The van der Waals surface area contributed by atoms with Crippen LogP contribution >= 0.6 is 0 Å². The van der Waals surface area contributed by atoms with E-state index in [0.29, 0.717) is 12.6 Å². The number of nitrogens with zero attached hydrogens (tertiary/aromatic N) is 1. The second-order valence-electron chi connectivity index (χ2n) is 5.20. The fourth-order valence-corrected chi connectivity index (χ4v) is 2.01. The monoisotopic (exact) mass is 283 g/mol. The van der Waals surface area contributed by atoms with Crippen molar-refractivity contribution in [3.8, 4) is 0 Å². The molecule has 0 fully saturated rings. The molecule has 1 aromatic carbocycles. The highest BCUT2D eigenvalue weighted by Gasteiger charge is 2.25. The number of benzene rings is 1. The van der Waals surface area contributed by atoms with E-state index in [1.807, 2.05) is 18.2 Å². The Balaban J connectivity index is 0.00000324. The molecule has 0 aliphatic rings. The lowest BCUT2D eigenvalue weighted by molar-refractivity contribution is -0.902. The molecule has 0 amide bonds. The average Bonchev–Trinajstić information content (AvgIpc) is 2.33. The Labute approximate surface area is 121 Å². The third-order valence-electron chi connectivity index (χ3n) is 2.92. The molecule has 1 atom stereocenters. The van der Waals surface area contributed by atoms with E-state index < -0.39 is 0 Å². The van der Waals surface area contributed by atoms with Crippen LogP contribution in [0, 0.1) is 0 Å². The smallest absolute Gasteiger partial charge is 0.330 e. The predicted molar refractivity (Wildman–Crippen MR) is 73.0 cm³/mol. The van der Waals surface area contributed by atoms with Crippen LogP contribution in [0.15, 0.2) is 43.0 Å². The highest BCUT2D eigenvalue weighted by Crippen LogP contribution is 2.26. The van der Waals surface area contributed by atoms with Crippen LogP contribution in [0.1, 0.15) is 18.0 Å². The number of carbonyl (C=O) groups is 1. The molecule has 1 aromatic rings. The highest BCUT2D eigenvalue weighted by molar-refractivity contribution is 5.81. The van der Waals surface area contributed by atoms with Gasteiger partial charge in [-0.25, -0.2) is 4.79 Å². The van der Waals surface area contributed by atoms with Crippen molar-refractivity contribution in [3.63, 3.8) is 0 Å². The summed E-state index contributed by atoms with van der Waals surface area (Å²) < 4.78 is 5.87. The summed E-state index contributed by atoms with van der Waals surface area (Å²) in [7, 11) is 6.44. The van der Waals surface area contributed by atoms with E-state index in [0.717, 1.165) is 10.9 Å². The molecule has 19 heavy (non-hydrogen) atoms. The molecule has 0 saturated carbocycles. The van der Waals surface area contributed by atoms with Crippen LogP contribution in [0.3, 0.4) is 0 Å². The van der Waals surface area contributed by atoms with Crippen molar-refractivity contribution in [2.24, 2.45) is 0 Å². The van der Waals surface area contributed by atoms with E-state index in [2.05, 4.69) is 39.9 Å². The third-order valence-corrected chi connectivity index (χ3v) is 2.92. The van der Waals surface area contributed by atoms with Crippen LogP contribution < -0.4 is 12.4 Å². The Bertz CT molecular complexity index is 398. The summed E-state index contributed by atoms with van der Waals surface area (Å²) in [6.45, 7) is 3.80. The van der Waals surface area contributed by atoms with Gasteiger partial charge in [-0.15, -0.1) is 0 Å². The summed E-state index contributed by atoms with van der Waals surface area (Å²) in [4.78, 5) is 11.0. The summed E-state index contributed by atoms with van der Waals surface area (Å²) in [5.74, 6) is -0.358. The van der Waals surface area contributed by atoms with Gasteiger partial charge in [0.25, 0.3) is 0 Å². The minimum absolute atomic E-state index is 0. The SMILES string of the molecule is C=CC(=O)OCCC(c1ccccc1)[N+](C)(C)C.[Cl-]. The van der Waals surface area contributed by atoms with Gasteiger partial charge in [-0.3, -0.25) is 0 Å². The van der Waals surface area contributed by atoms with Crippen LogP contribution in [-0.2, 0) is 9.53 Å². The standard InChI is InChI=1S/C15H22NO2.ClH/c1-5-15(17)18-12-11-14(16(2,3)4)13-9-7-6-8-10-13;/h5-10,14H,1,11-12H2,2-4H3;1H/q+1;/p-1. The van der Waals surface area contributed by atoms with Crippen molar-refractivity contribution in [1.29, 1.82) is 0 Å². The number of hydrogen-bond acceptors (Lipinski definition) is 2. The van der Waals surface area contributed by atoms with E-state index in [-0.39, 0.29) is 18.4 Å². The molecule has 0 spiro atoms.